The van der Waals surface area contributed by atoms with E-state index in [0.29, 0.717) is 18.8 Å². The van der Waals surface area contributed by atoms with Gasteiger partial charge in [-0.25, -0.2) is 9.37 Å². The minimum absolute atomic E-state index is 0.0425. The minimum Gasteiger partial charge on any atom is -0.387 e. The molecule has 1 aliphatic rings. The molecule has 124 valence electrons. The predicted molar refractivity (Wildman–Crippen MR) is 86.6 cm³/mol. The Balaban J connectivity index is 1.87. The summed E-state index contributed by atoms with van der Waals surface area (Å²) in [4.78, 5) is 3.95. The highest BCUT2D eigenvalue weighted by molar-refractivity contribution is 6.18. The smallest absolute Gasteiger partial charge is 0.137 e. The van der Waals surface area contributed by atoms with Crippen LogP contribution in [0.3, 0.4) is 0 Å². The lowest BCUT2D eigenvalue weighted by Gasteiger charge is -2.42. The van der Waals surface area contributed by atoms with Crippen LogP contribution in [0, 0.1) is 17.2 Å². The Hall–Kier alpha value is -1.46. The highest BCUT2D eigenvalue weighted by atomic mass is 35.5. The molecule has 1 N–H and O–H groups in total. The molecule has 0 aliphatic heterocycles. The second kappa shape index (κ2) is 6.21. The summed E-state index contributed by atoms with van der Waals surface area (Å²) in [5.41, 5.74) is -0.338. The van der Waals surface area contributed by atoms with Crippen LogP contribution in [0.1, 0.15) is 25.3 Å². The Kier molecular flexibility index (Phi) is 4.43. The number of halogens is 2. The lowest BCUT2D eigenvalue weighted by atomic mass is 9.72. The third-order valence-corrected chi connectivity index (χ3v) is 5.91. The molecule has 0 saturated heterocycles. The van der Waals surface area contributed by atoms with Gasteiger partial charge in [0.25, 0.3) is 0 Å². The molecule has 1 aromatic heterocycles. The van der Waals surface area contributed by atoms with Crippen LogP contribution in [-0.2, 0) is 13.0 Å². The maximum atomic E-state index is 13.1. The van der Waals surface area contributed by atoms with Crippen molar-refractivity contribution >= 4 is 11.6 Å². The maximum Gasteiger partial charge on any atom is 0.137 e. The fraction of sp³-hybridized carbons (Fsp3) is 0.529. The van der Waals surface area contributed by atoms with Gasteiger partial charge < -0.3 is 5.11 Å². The summed E-state index contributed by atoms with van der Waals surface area (Å²) < 4.78 is 14.8. The van der Waals surface area contributed by atoms with Crippen LogP contribution < -0.4 is 0 Å². The monoisotopic (exact) mass is 337 g/mol. The summed E-state index contributed by atoms with van der Waals surface area (Å²) in [6.07, 6.45) is 5.50. The van der Waals surface area contributed by atoms with E-state index in [1.165, 1.54) is 18.5 Å². The molecule has 23 heavy (non-hydrogen) atoms. The van der Waals surface area contributed by atoms with Gasteiger partial charge >= 0.3 is 0 Å². The van der Waals surface area contributed by atoms with Gasteiger partial charge in [-0.1, -0.05) is 19.1 Å². The fourth-order valence-corrected chi connectivity index (χ4v) is 4.05. The number of aromatic nitrogens is 3. The van der Waals surface area contributed by atoms with E-state index in [0.717, 1.165) is 18.4 Å². The van der Waals surface area contributed by atoms with Crippen LogP contribution in [-0.4, -0.2) is 31.4 Å². The van der Waals surface area contributed by atoms with Crippen LogP contribution in [0.15, 0.2) is 36.9 Å². The number of nitrogens with zero attached hydrogens (tertiary/aromatic N) is 3. The second-order valence-electron chi connectivity index (χ2n) is 6.78. The molecule has 0 spiro atoms. The Morgan fingerprint density at radius 2 is 2.13 bits per heavy atom. The molecule has 0 radical (unpaired) electrons. The summed E-state index contributed by atoms with van der Waals surface area (Å²) in [5.74, 6) is 0.183. The Labute approximate surface area is 140 Å². The zero-order valence-electron chi connectivity index (χ0n) is 13.1. The molecule has 1 aliphatic carbocycles. The molecule has 2 aromatic rings. The van der Waals surface area contributed by atoms with Crippen LogP contribution in [0.5, 0.6) is 0 Å². The first-order valence-corrected chi connectivity index (χ1v) is 8.35. The lowest BCUT2D eigenvalue weighted by Crippen LogP contribution is -2.51. The van der Waals surface area contributed by atoms with Gasteiger partial charge in [0.15, 0.2) is 0 Å². The third-order valence-electron chi connectivity index (χ3n) is 5.33. The first-order valence-electron chi connectivity index (χ1n) is 7.82. The van der Waals surface area contributed by atoms with Gasteiger partial charge in [-0.15, -0.1) is 11.6 Å². The molecule has 0 amide bonds. The summed E-state index contributed by atoms with van der Waals surface area (Å²) in [6.45, 7) is 2.39. The first kappa shape index (κ1) is 16.4. The van der Waals surface area contributed by atoms with E-state index in [2.05, 4.69) is 10.1 Å². The molecular formula is C17H21ClFN3O. The van der Waals surface area contributed by atoms with Crippen LogP contribution in [0.25, 0.3) is 0 Å². The summed E-state index contributed by atoms with van der Waals surface area (Å²) in [7, 11) is 0. The van der Waals surface area contributed by atoms with Crippen molar-refractivity contribution in [2.75, 3.05) is 5.88 Å². The number of hydrogen-bond acceptors (Lipinski definition) is 3. The molecule has 4 nitrogen and oxygen atoms in total. The van der Waals surface area contributed by atoms with E-state index in [-0.39, 0.29) is 17.2 Å². The van der Waals surface area contributed by atoms with Crippen molar-refractivity contribution in [3.63, 3.8) is 0 Å². The van der Waals surface area contributed by atoms with E-state index in [1.54, 1.807) is 23.1 Å². The van der Waals surface area contributed by atoms with E-state index in [4.69, 9.17) is 11.6 Å². The topological polar surface area (TPSA) is 50.9 Å². The molecule has 3 rings (SSSR count). The summed E-state index contributed by atoms with van der Waals surface area (Å²) >= 11 is 6.21. The predicted octanol–water partition coefficient (Wildman–Crippen LogP) is 3.05. The molecule has 1 aromatic carbocycles. The van der Waals surface area contributed by atoms with Crippen molar-refractivity contribution in [3.8, 4) is 0 Å². The van der Waals surface area contributed by atoms with Gasteiger partial charge in [-0.3, -0.25) is 4.68 Å². The van der Waals surface area contributed by atoms with Gasteiger partial charge in [0.05, 0.1) is 12.1 Å². The molecule has 0 unspecified atom stereocenters. The van der Waals surface area contributed by atoms with Crippen LogP contribution in [0.2, 0.25) is 0 Å². The van der Waals surface area contributed by atoms with Gasteiger partial charge in [-0.05, 0) is 42.9 Å². The second-order valence-corrected chi connectivity index (χ2v) is 7.05. The van der Waals surface area contributed by atoms with Gasteiger partial charge in [0, 0.05) is 11.3 Å². The van der Waals surface area contributed by atoms with Crippen molar-refractivity contribution in [2.45, 2.75) is 38.3 Å². The summed E-state index contributed by atoms with van der Waals surface area (Å²) in [6, 6.07) is 6.48. The standard InChI is InChI=1S/C17H21ClFN3O/c1-16(9-18)7-6-14(8-13-2-4-15(19)5-3-13)17(16,23)10-22-12-20-11-21-22/h2-5,11-12,14,23H,6-10H2,1H3/t14-,16+,17-/m0/s1. The third kappa shape index (κ3) is 3.00. The average Bonchev–Trinajstić information content (AvgIpc) is 3.12. The molecule has 0 bridgehead atoms. The lowest BCUT2D eigenvalue weighted by molar-refractivity contribution is -0.0891. The maximum absolute atomic E-state index is 13.1. The number of rotatable bonds is 5. The fourth-order valence-electron chi connectivity index (χ4n) is 3.68. The first-order chi connectivity index (χ1) is 11.0. The van der Waals surface area contributed by atoms with E-state index in [1.807, 2.05) is 6.92 Å². The van der Waals surface area contributed by atoms with E-state index < -0.39 is 5.60 Å². The van der Waals surface area contributed by atoms with Gasteiger partial charge in [-0.2, -0.15) is 5.10 Å². The molecule has 3 atom stereocenters. The van der Waals surface area contributed by atoms with Crippen LogP contribution >= 0.6 is 11.6 Å². The highest BCUT2D eigenvalue weighted by Crippen LogP contribution is 2.52. The quantitative estimate of drug-likeness (QED) is 0.853. The average molecular weight is 338 g/mol. The zero-order valence-corrected chi connectivity index (χ0v) is 13.9. The van der Waals surface area contributed by atoms with Crippen molar-refractivity contribution in [3.05, 3.63) is 48.3 Å². The number of hydrogen-bond donors (Lipinski definition) is 1. The van der Waals surface area contributed by atoms with Gasteiger partial charge in [0.2, 0.25) is 0 Å². The van der Waals surface area contributed by atoms with Crippen molar-refractivity contribution < 1.29 is 9.50 Å². The van der Waals surface area contributed by atoms with Crippen molar-refractivity contribution in [1.82, 2.24) is 14.8 Å². The SMILES string of the molecule is C[C@]1(CCl)CC[C@@H](Cc2ccc(F)cc2)[C@@]1(O)Cn1cncn1. The van der Waals surface area contributed by atoms with Gasteiger partial charge in [0.1, 0.15) is 18.5 Å². The molecular weight excluding hydrogens is 317 g/mol. The number of aliphatic hydroxyl groups is 1. The molecule has 6 heteroatoms. The molecule has 1 fully saturated rings. The number of benzene rings is 1. The normalized spacial score (nSPS) is 30.7. The van der Waals surface area contributed by atoms with E-state index >= 15 is 0 Å². The number of alkyl halides is 1. The Morgan fingerprint density at radius 1 is 1.39 bits per heavy atom. The minimum atomic E-state index is -0.975. The largest absolute Gasteiger partial charge is 0.387 e. The zero-order chi connectivity index (χ0) is 16.5. The van der Waals surface area contributed by atoms with Crippen LogP contribution in [0.4, 0.5) is 4.39 Å². The molecule has 1 heterocycles. The summed E-state index contributed by atoms with van der Waals surface area (Å²) in [5, 5.41) is 15.6. The Morgan fingerprint density at radius 3 is 2.74 bits per heavy atom. The molecule has 1 saturated carbocycles. The van der Waals surface area contributed by atoms with E-state index in [9.17, 15) is 9.50 Å². The van der Waals surface area contributed by atoms with Crippen molar-refractivity contribution in [2.24, 2.45) is 11.3 Å². The Bertz CT molecular complexity index is 648. The highest BCUT2D eigenvalue weighted by Gasteiger charge is 2.56. The van der Waals surface area contributed by atoms with Crippen molar-refractivity contribution in [1.29, 1.82) is 0 Å².